The predicted molar refractivity (Wildman–Crippen MR) is 35.5 cm³/mol. The van der Waals surface area contributed by atoms with Crippen molar-refractivity contribution < 1.29 is 26.7 Å². The summed E-state index contributed by atoms with van der Waals surface area (Å²) >= 11 is 0. The molecule has 0 aliphatic heterocycles. The highest BCUT2D eigenvalue weighted by Gasteiger charge is 2.29. The van der Waals surface area contributed by atoms with Crippen LogP contribution in [0.1, 0.15) is 6.42 Å². The third-order valence-corrected chi connectivity index (χ3v) is 1.14. The molecule has 0 heterocycles. The fourth-order valence-corrected chi connectivity index (χ4v) is 0.468. The lowest BCUT2D eigenvalue weighted by Gasteiger charge is -2.14. The molecule has 0 spiro atoms. The molecule has 0 fully saturated rings. The second-order valence-electron chi connectivity index (χ2n) is 2.48. The summed E-state index contributed by atoms with van der Waals surface area (Å²) in [5.74, 6) is -3.24. The first-order chi connectivity index (χ1) is 5.77. The number of halogens is 5. The molecule has 7 heteroatoms. The van der Waals surface area contributed by atoms with E-state index in [-0.39, 0.29) is 0 Å². The van der Waals surface area contributed by atoms with Gasteiger partial charge in [-0.15, -0.1) is 0 Å². The number of hydrogen-bond donors (Lipinski definition) is 1. The zero-order valence-corrected chi connectivity index (χ0v) is 6.70. The molecule has 0 aliphatic rings. The molecule has 0 unspecified atom stereocenters. The van der Waals surface area contributed by atoms with Crippen molar-refractivity contribution in [1.29, 1.82) is 0 Å². The van der Waals surface area contributed by atoms with Crippen molar-refractivity contribution in [2.45, 2.75) is 18.5 Å². The molecule has 0 aromatic heterocycles. The number of alkyl halides is 5. The molecule has 0 aromatic carbocycles. The van der Waals surface area contributed by atoms with E-state index in [0.29, 0.717) is 0 Å². The summed E-state index contributed by atoms with van der Waals surface area (Å²) in [6, 6.07) is 0. The van der Waals surface area contributed by atoms with Crippen molar-refractivity contribution in [3.8, 4) is 0 Å². The zero-order valence-electron chi connectivity index (χ0n) is 6.70. The average molecular weight is 207 g/mol. The molecule has 13 heavy (non-hydrogen) atoms. The molecule has 0 saturated carbocycles. The molecular weight excluding hydrogens is 197 g/mol. The van der Waals surface area contributed by atoms with E-state index in [4.69, 9.17) is 0 Å². The molecule has 0 radical (unpaired) electrons. The molecule has 0 amide bonds. The molecule has 0 saturated heterocycles. The molecule has 0 rings (SSSR count). The van der Waals surface area contributed by atoms with E-state index in [1.165, 1.54) is 0 Å². The second kappa shape index (κ2) is 4.71. The summed E-state index contributed by atoms with van der Waals surface area (Å²) < 4.78 is 63.0. The van der Waals surface area contributed by atoms with Crippen LogP contribution in [-0.4, -0.2) is 31.9 Å². The molecule has 0 atom stereocenters. The Balaban J connectivity index is 3.47. The first-order valence-electron chi connectivity index (χ1n) is 3.49. The smallest absolute Gasteiger partial charge is 0.375 e. The fourth-order valence-electron chi connectivity index (χ4n) is 0.468. The van der Waals surface area contributed by atoms with Gasteiger partial charge in [0.2, 0.25) is 0 Å². The van der Waals surface area contributed by atoms with E-state index in [1.807, 2.05) is 0 Å². The minimum atomic E-state index is -4.38. The van der Waals surface area contributed by atoms with Gasteiger partial charge in [0.15, 0.2) is 0 Å². The Morgan fingerprint density at radius 1 is 1.08 bits per heavy atom. The van der Waals surface area contributed by atoms with Crippen LogP contribution >= 0.6 is 0 Å². The van der Waals surface area contributed by atoms with Crippen LogP contribution in [0.25, 0.3) is 0 Å². The van der Waals surface area contributed by atoms with Crippen molar-refractivity contribution in [2.24, 2.45) is 5.73 Å². The highest BCUT2D eigenvalue weighted by molar-refractivity contribution is 4.65. The summed E-state index contributed by atoms with van der Waals surface area (Å²) in [6.45, 7) is -2.77. The third-order valence-electron chi connectivity index (χ3n) is 1.14. The number of nitrogens with two attached hydrogens (primary N) is 1. The topological polar surface area (TPSA) is 35.2 Å². The van der Waals surface area contributed by atoms with Crippen molar-refractivity contribution in [3.63, 3.8) is 0 Å². The van der Waals surface area contributed by atoms with E-state index in [2.05, 4.69) is 10.5 Å². The van der Waals surface area contributed by atoms with Gasteiger partial charge in [-0.3, -0.25) is 0 Å². The summed E-state index contributed by atoms with van der Waals surface area (Å²) in [7, 11) is 0. The summed E-state index contributed by atoms with van der Waals surface area (Å²) in [6.07, 6.45) is -5.61. The largest absolute Gasteiger partial charge is 0.391 e. The lowest BCUT2D eigenvalue weighted by molar-refractivity contribution is -0.153. The van der Waals surface area contributed by atoms with Gasteiger partial charge in [0.05, 0.1) is 19.6 Å². The minimum absolute atomic E-state index is 0.765. The quantitative estimate of drug-likeness (QED) is 0.548. The molecular formula is C6H10F5NO. The highest BCUT2D eigenvalue weighted by atomic mass is 19.4. The lowest BCUT2D eigenvalue weighted by atomic mass is 10.3. The van der Waals surface area contributed by atoms with E-state index < -0.39 is 38.3 Å². The van der Waals surface area contributed by atoms with Gasteiger partial charge in [-0.05, 0) is 0 Å². The maximum atomic E-state index is 12.2. The monoisotopic (exact) mass is 207 g/mol. The lowest BCUT2D eigenvalue weighted by Crippen LogP contribution is -2.33. The van der Waals surface area contributed by atoms with E-state index >= 15 is 0 Å². The molecule has 0 bridgehead atoms. The maximum absolute atomic E-state index is 12.2. The SMILES string of the molecule is NCC(F)(F)COCCC(F)(F)F. The Morgan fingerprint density at radius 3 is 2.00 bits per heavy atom. The molecule has 2 N–H and O–H groups in total. The van der Waals surface area contributed by atoms with Gasteiger partial charge in [0.1, 0.15) is 6.61 Å². The van der Waals surface area contributed by atoms with Gasteiger partial charge in [-0.25, -0.2) is 8.78 Å². The first kappa shape index (κ1) is 12.6. The van der Waals surface area contributed by atoms with Crippen LogP contribution in [0.5, 0.6) is 0 Å². The summed E-state index contributed by atoms with van der Waals surface area (Å²) in [4.78, 5) is 0. The standard InChI is InChI=1S/C6H10F5NO/c7-5(8,3-12)4-13-2-1-6(9,10)11/h1-4,12H2. The van der Waals surface area contributed by atoms with Crippen LogP contribution < -0.4 is 5.73 Å². The average Bonchev–Trinajstić information content (AvgIpc) is 1.97. The Labute approximate surface area is 71.8 Å². The van der Waals surface area contributed by atoms with E-state index in [9.17, 15) is 22.0 Å². The van der Waals surface area contributed by atoms with Gasteiger partial charge >= 0.3 is 6.18 Å². The van der Waals surface area contributed by atoms with Gasteiger partial charge in [0, 0.05) is 0 Å². The van der Waals surface area contributed by atoms with Crippen molar-refractivity contribution >= 4 is 0 Å². The third kappa shape index (κ3) is 7.92. The molecule has 0 aliphatic carbocycles. The Bertz CT molecular complexity index is 146. The van der Waals surface area contributed by atoms with Crippen molar-refractivity contribution in [3.05, 3.63) is 0 Å². The minimum Gasteiger partial charge on any atom is -0.375 e. The number of rotatable bonds is 5. The van der Waals surface area contributed by atoms with E-state index in [1.54, 1.807) is 0 Å². The Kier molecular flexibility index (Phi) is 4.55. The molecule has 80 valence electrons. The second-order valence-corrected chi connectivity index (χ2v) is 2.48. The van der Waals surface area contributed by atoms with Crippen LogP contribution in [0.15, 0.2) is 0 Å². The van der Waals surface area contributed by atoms with Gasteiger partial charge in [-0.2, -0.15) is 13.2 Å². The molecule has 2 nitrogen and oxygen atoms in total. The molecule has 0 aromatic rings. The fraction of sp³-hybridized carbons (Fsp3) is 1.00. The predicted octanol–water partition coefficient (Wildman–Crippen LogP) is 1.55. The van der Waals surface area contributed by atoms with Gasteiger partial charge < -0.3 is 10.5 Å². The highest BCUT2D eigenvalue weighted by Crippen LogP contribution is 2.19. The van der Waals surface area contributed by atoms with Crippen molar-refractivity contribution in [1.82, 2.24) is 0 Å². The summed E-state index contributed by atoms with van der Waals surface area (Å²) in [5.41, 5.74) is 4.62. The van der Waals surface area contributed by atoms with Gasteiger partial charge in [0.25, 0.3) is 5.92 Å². The number of ether oxygens (including phenoxy) is 1. The first-order valence-corrected chi connectivity index (χ1v) is 3.49. The van der Waals surface area contributed by atoms with E-state index in [0.717, 1.165) is 0 Å². The van der Waals surface area contributed by atoms with Crippen LogP contribution in [0, 0.1) is 0 Å². The van der Waals surface area contributed by atoms with Crippen molar-refractivity contribution in [2.75, 3.05) is 19.8 Å². The van der Waals surface area contributed by atoms with Crippen LogP contribution in [0.4, 0.5) is 22.0 Å². The van der Waals surface area contributed by atoms with Crippen LogP contribution in [0.2, 0.25) is 0 Å². The number of hydrogen-bond acceptors (Lipinski definition) is 2. The Hall–Kier alpha value is -0.430. The van der Waals surface area contributed by atoms with Crippen LogP contribution in [-0.2, 0) is 4.74 Å². The van der Waals surface area contributed by atoms with Gasteiger partial charge in [-0.1, -0.05) is 0 Å². The summed E-state index contributed by atoms with van der Waals surface area (Å²) in [5, 5.41) is 0. The Morgan fingerprint density at radius 2 is 1.62 bits per heavy atom. The van der Waals surface area contributed by atoms with Crippen LogP contribution in [0.3, 0.4) is 0 Å². The maximum Gasteiger partial charge on any atom is 0.391 e. The normalized spacial score (nSPS) is 13.4. The zero-order chi connectivity index (χ0) is 10.5.